The number of morpholine rings is 1. The minimum Gasteiger partial charge on any atom is -0.481 e. The first-order valence-corrected chi connectivity index (χ1v) is 7.94. The molecule has 1 aliphatic heterocycles. The largest absolute Gasteiger partial charge is 0.481 e. The van der Waals surface area contributed by atoms with Gasteiger partial charge in [0.2, 0.25) is 5.03 Å². The molecule has 0 bridgehead atoms. The molecule has 0 amide bonds. The molecule has 11 heteroatoms. The van der Waals surface area contributed by atoms with E-state index in [1.165, 1.54) is 7.05 Å². The van der Waals surface area contributed by atoms with Crippen LogP contribution in [0.15, 0.2) is 9.63 Å². The zero-order valence-electron chi connectivity index (χ0n) is 10.6. The van der Waals surface area contributed by atoms with E-state index in [1.807, 2.05) is 0 Å². The fraction of sp³-hybridized carbons (Fsp3) is 0.667. The second-order valence-electron chi connectivity index (χ2n) is 4.25. The molecule has 20 heavy (non-hydrogen) atoms. The van der Waals surface area contributed by atoms with E-state index in [1.54, 1.807) is 0 Å². The molecular formula is C9H13BrN4O5S. The van der Waals surface area contributed by atoms with Gasteiger partial charge in [-0.2, -0.15) is 4.31 Å². The number of rotatable bonds is 4. The zero-order chi connectivity index (χ0) is 14.9. The van der Waals surface area contributed by atoms with Crippen molar-refractivity contribution in [2.75, 3.05) is 19.8 Å². The van der Waals surface area contributed by atoms with Crippen LogP contribution in [0.25, 0.3) is 0 Å². The van der Waals surface area contributed by atoms with Crippen molar-refractivity contribution in [1.29, 1.82) is 0 Å². The molecule has 0 aromatic carbocycles. The van der Waals surface area contributed by atoms with Crippen molar-refractivity contribution in [3.05, 3.63) is 4.60 Å². The van der Waals surface area contributed by atoms with E-state index in [4.69, 9.17) is 9.84 Å². The number of halogens is 1. The molecule has 1 aliphatic rings. The van der Waals surface area contributed by atoms with Crippen LogP contribution in [0, 0.1) is 0 Å². The first kappa shape index (κ1) is 15.4. The van der Waals surface area contributed by atoms with E-state index < -0.39 is 22.0 Å². The Morgan fingerprint density at radius 2 is 2.30 bits per heavy atom. The Labute approximate surface area is 123 Å². The quantitative estimate of drug-likeness (QED) is 0.757. The first-order chi connectivity index (χ1) is 9.34. The van der Waals surface area contributed by atoms with Crippen LogP contribution in [0.4, 0.5) is 0 Å². The van der Waals surface area contributed by atoms with Gasteiger partial charge in [0.15, 0.2) is 4.60 Å². The van der Waals surface area contributed by atoms with Gasteiger partial charge < -0.3 is 9.84 Å². The summed E-state index contributed by atoms with van der Waals surface area (Å²) in [6, 6.07) is -0.743. The molecule has 0 radical (unpaired) electrons. The van der Waals surface area contributed by atoms with Gasteiger partial charge in [0.1, 0.15) is 0 Å². The Bertz CT molecular complexity index is 596. The molecule has 1 aromatic heterocycles. The Morgan fingerprint density at radius 1 is 1.60 bits per heavy atom. The molecule has 1 fully saturated rings. The van der Waals surface area contributed by atoms with Crippen LogP contribution in [0.2, 0.25) is 0 Å². The molecule has 9 nitrogen and oxygen atoms in total. The molecule has 1 atom stereocenters. The number of carboxylic acid groups (broad SMARTS) is 1. The Kier molecular flexibility index (Phi) is 4.42. The summed E-state index contributed by atoms with van der Waals surface area (Å²) in [5.74, 6) is -1.08. The third kappa shape index (κ3) is 2.85. The van der Waals surface area contributed by atoms with E-state index in [9.17, 15) is 13.2 Å². The third-order valence-corrected chi connectivity index (χ3v) is 5.71. The minimum absolute atomic E-state index is 0.0500. The maximum atomic E-state index is 12.6. The monoisotopic (exact) mass is 368 g/mol. The van der Waals surface area contributed by atoms with Crippen LogP contribution in [0.5, 0.6) is 0 Å². The topological polar surface area (TPSA) is 115 Å². The summed E-state index contributed by atoms with van der Waals surface area (Å²) in [4.78, 5) is 10.8. The molecule has 112 valence electrons. The summed E-state index contributed by atoms with van der Waals surface area (Å²) in [5, 5.41) is 16.0. The van der Waals surface area contributed by atoms with Crippen molar-refractivity contribution in [3.8, 4) is 0 Å². The summed E-state index contributed by atoms with van der Waals surface area (Å²) in [6.45, 7) is 0.366. The van der Waals surface area contributed by atoms with Crippen molar-refractivity contribution in [1.82, 2.24) is 19.3 Å². The minimum atomic E-state index is -3.89. The Morgan fingerprint density at radius 3 is 2.85 bits per heavy atom. The molecular weight excluding hydrogens is 356 g/mol. The number of aromatic nitrogens is 3. The molecule has 2 heterocycles. The summed E-state index contributed by atoms with van der Waals surface area (Å²) in [7, 11) is -2.44. The van der Waals surface area contributed by atoms with E-state index in [-0.39, 0.29) is 35.8 Å². The molecule has 0 spiro atoms. The maximum Gasteiger partial charge on any atom is 0.305 e. The van der Waals surface area contributed by atoms with Gasteiger partial charge in [-0.15, -0.1) is 5.10 Å². The number of ether oxygens (including phenoxy) is 1. The second kappa shape index (κ2) is 5.76. The molecule has 1 saturated heterocycles. The predicted octanol–water partition coefficient (Wildman–Crippen LogP) is -0.558. The number of aryl methyl sites for hydroxylation is 1. The second-order valence-corrected chi connectivity index (χ2v) is 6.81. The lowest BCUT2D eigenvalue weighted by Crippen LogP contribution is -2.49. The van der Waals surface area contributed by atoms with Gasteiger partial charge in [0.05, 0.1) is 25.7 Å². The van der Waals surface area contributed by atoms with Crippen molar-refractivity contribution < 1.29 is 23.1 Å². The highest BCUT2D eigenvalue weighted by Gasteiger charge is 2.38. The third-order valence-electron chi connectivity index (χ3n) is 2.87. The van der Waals surface area contributed by atoms with Crippen molar-refractivity contribution in [2.45, 2.75) is 17.5 Å². The van der Waals surface area contributed by atoms with E-state index in [0.717, 1.165) is 8.99 Å². The van der Waals surface area contributed by atoms with Gasteiger partial charge in [0.25, 0.3) is 10.0 Å². The number of hydrogen-bond donors (Lipinski definition) is 1. The molecule has 1 N–H and O–H groups in total. The Hall–Kier alpha value is -1.04. The fourth-order valence-electron chi connectivity index (χ4n) is 2.03. The molecule has 0 saturated carbocycles. The summed E-state index contributed by atoms with van der Waals surface area (Å²) < 4.78 is 32.8. The lowest BCUT2D eigenvalue weighted by molar-refractivity contribution is -0.139. The van der Waals surface area contributed by atoms with Gasteiger partial charge in [0, 0.05) is 13.6 Å². The van der Waals surface area contributed by atoms with Gasteiger partial charge >= 0.3 is 5.97 Å². The SMILES string of the molecule is Cn1nnc(Br)c1S(=O)(=O)N1CCOCC1CC(=O)O. The number of aliphatic carboxylic acids is 1. The summed E-state index contributed by atoms with van der Waals surface area (Å²) in [5.41, 5.74) is 0. The highest BCUT2D eigenvalue weighted by molar-refractivity contribution is 9.10. The van der Waals surface area contributed by atoms with Crippen LogP contribution in [-0.2, 0) is 26.6 Å². The molecule has 2 rings (SSSR count). The number of sulfonamides is 1. The first-order valence-electron chi connectivity index (χ1n) is 5.70. The number of nitrogens with zero attached hydrogens (tertiary/aromatic N) is 4. The van der Waals surface area contributed by atoms with Gasteiger partial charge in [-0.1, -0.05) is 5.21 Å². The standard InChI is InChI=1S/C9H13BrN4O5S/c1-13-9(8(10)11-12-13)20(17,18)14-2-3-19-5-6(14)4-7(15)16/h6H,2-5H2,1H3,(H,15,16). The van der Waals surface area contributed by atoms with Crippen LogP contribution in [0.1, 0.15) is 6.42 Å². The average Bonchev–Trinajstić information content (AvgIpc) is 2.69. The molecule has 1 unspecified atom stereocenters. The van der Waals surface area contributed by atoms with Crippen LogP contribution in [-0.4, -0.2) is 64.6 Å². The van der Waals surface area contributed by atoms with Gasteiger partial charge in [-0.25, -0.2) is 13.1 Å². The zero-order valence-corrected chi connectivity index (χ0v) is 13.0. The maximum absolute atomic E-state index is 12.6. The van der Waals surface area contributed by atoms with Crippen LogP contribution in [0.3, 0.4) is 0 Å². The number of carbonyl (C=O) groups is 1. The van der Waals surface area contributed by atoms with Crippen molar-refractivity contribution >= 4 is 31.9 Å². The van der Waals surface area contributed by atoms with E-state index >= 15 is 0 Å². The lowest BCUT2D eigenvalue weighted by Gasteiger charge is -2.33. The molecule has 1 aromatic rings. The normalized spacial score (nSPS) is 21.0. The van der Waals surface area contributed by atoms with Crippen LogP contribution >= 0.6 is 15.9 Å². The number of hydrogen-bond acceptors (Lipinski definition) is 6. The smallest absolute Gasteiger partial charge is 0.305 e. The van der Waals surface area contributed by atoms with E-state index in [0.29, 0.717) is 0 Å². The van der Waals surface area contributed by atoms with Gasteiger partial charge in [-0.3, -0.25) is 4.79 Å². The predicted molar refractivity (Wildman–Crippen MR) is 69.5 cm³/mol. The average molecular weight is 369 g/mol. The van der Waals surface area contributed by atoms with Crippen molar-refractivity contribution in [2.24, 2.45) is 7.05 Å². The Balaban J connectivity index is 2.38. The fourth-order valence-corrected chi connectivity index (χ4v) is 4.66. The summed E-state index contributed by atoms with van der Waals surface area (Å²) in [6.07, 6.45) is -0.317. The molecule has 0 aliphatic carbocycles. The highest BCUT2D eigenvalue weighted by atomic mass is 79.9. The number of carboxylic acids is 1. The highest BCUT2D eigenvalue weighted by Crippen LogP contribution is 2.26. The summed E-state index contributed by atoms with van der Waals surface area (Å²) >= 11 is 3.04. The lowest BCUT2D eigenvalue weighted by atomic mass is 10.2. The van der Waals surface area contributed by atoms with Crippen LogP contribution < -0.4 is 0 Å². The van der Waals surface area contributed by atoms with Crippen molar-refractivity contribution in [3.63, 3.8) is 0 Å². The van der Waals surface area contributed by atoms with Gasteiger partial charge in [-0.05, 0) is 15.9 Å². The van der Waals surface area contributed by atoms with E-state index in [2.05, 4.69) is 26.2 Å².